The Morgan fingerprint density at radius 3 is 2.55 bits per heavy atom. The Balaban J connectivity index is 2.30. The molecule has 31 heavy (non-hydrogen) atoms. The average Bonchev–Trinajstić information content (AvgIpc) is 2.67. The van der Waals surface area contributed by atoms with E-state index >= 15 is 0 Å². The molecular formula is C23H24ClFN2O4. The fourth-order valence-corrected chi connectivity index (χ4v) is 3.83. The SMILES string of the molecule is Cc1nc2c(cc1Cc1cccc(Cl)c1F)c(=O)c(C(=O)O)cn2[C@H](CO)C(C)(C)C. The lowest BCUT2D eigenvalue weighted by Crippen LogP contribution is -2.31. The summed E-state index contributed by atoms with van der Waals surface area (Å²) in [4.78, 5) is 29.2. The van der Waals surface area contributed by atoms with Gasteiger partial charge in [0.05, 0.1) is 23.1 Å². The molecule has 1 atom stereocenters. The Hall–Kier alpha value is -2.77. The number of fused-ring (bicyclic) bond motifs is 1. The molecule has 0 radical (unpaired) electrons. The summed E-state index contributed by atoms with van der Waals surface area (Å²) >= 11 is 5.88. The topological polar surface area (TPSA) is 92.4 Å². The van der Waals surface area contributed by atoms with Gasteiger partial charge in [-0.1, -0.05) is 44.5 Å². The minimum atomic E-state index is -1.37. The van der Waals surface area contributed by atoms with Crippen molar-refractivity contribution in [2.75, 3.05) is 6.61 Å². The van der Waals surface area contributed by atoms with Crippen LogP contribution in [0, 0.1) is 18.2 Å². The molecule has 6 nitrogen and oxygen atoms in total. The van der Waals surface area contributed by atoms with Crippen LogP contribution in [0.3, 0.4) is 0 Å². The quantitative estimate of drug-likeness (QED) is 0.607. The van der Waals surface area contributed by atoms with Crippen LogP contribution in [0.5, 0.6) is 0 Å². The lowest BCUT2D eigenvalue weighted by Gasteiger charge is -2.32. The van der Waals surface area contributed by atoms with E-state index in [4.69, 9.17) is 11.6 Å². The highest BCUT2D eigenvalue weighted by atomic mass is 35.5. The van der Waals surface area contributed by atoms with Gasteiger partial charge in [-0.05, 0) is 35.6 Å². The van der Waals surface area contributed by atoms with Gasteiger partial charge in [-0.25, -0.2) is 14.2 Å². The van der Waals surface area contributed by atoms with Gasteiger partial charge in [0.15, 0.2) is 0 Å². The maximum atomic E-state index is 14.4. The van der Waals surface area contributed by atoms with Gasteiger partial charge >= 0.3 is 5.97 Å². The number of carboxylic acids is 1. The van der Waals surface area contributed by atoms with Crippen LogP contribution in [0.4, 0.5) is 4.39 Å². The fraction of sp³-hybridized carbons (Fsp3) is 0.348. The predicted octanol–water partition coefficient (Wildman–Crippen LogP) is 4.37. The standard InChI is InChI=1S/C23H24ClFN2O4/c1-12-14(8-13-6-5-7-17(24)19(13)25)9-15-20(29)16(22(30)31)10-27(21(15)26-12)18(11-28)23(2,3)4/h5-7,9-10,18,28H,8,11H2,1-4H3,(H,30,31)/t18-/m1/s1. The van der Waals surface area contributed by atoms with Gasteiger partial charge < -0.3 is 14.8 Å². The average molecular weight is 447 g/mol. The largest absolute Gasteiger partial charge is 0.477 e. The Morgan fingerprint density at radius 2 is 1.97 bits per heavy atom. The van der Waals surface area contributed by atoms with Crippen LogP contribution < -0.4 is 5.43 Å². The molecule has 3 rings (SSSR count). The third-order valence-corrected chi connectivity index (χ3v) is 5.74. The molecule has 0 bridgehead atoms. The molecule has 0 aliphatic carbocycles. The Labute approximate surface area is 183 Å². The molecule has 0 aliphatic heterocycles. The van der Waals surface area contributed by atoms with Crippen molar-refractivity contribution in [3.8, 4) is 0 Å². The van der Waals surface area contributed by atoms with Crippen molar-refractivity contribution in [3.63, 3.8) is 0 Å². The van der Waals surface area contributed by atoms with E-state index in [1.54, 1.807) is 29.7 Å². The number of aliphatic hydroxyl groups is 1. The van der Waals surface area contributed by atoms with Crippen LogP contribution >= 0.6 is 11.6 Å². The second kappa shape index (κ2) is 8.40. The van der Waals surface area contributed by atoms with Crippen LogP contribution in [0.2, 0.25) is 5.02 Å². The molecule has 164 valence electrons. The van der Waals surface area contributed by atoms with Crippen molar-refractivity contribution in [2.24, 2.45) is 5.41 Å². The number of pyridine rings is 2. The summed E-state index contributed by atoms with van der Waals surface area (Å²) in [5.74, 6) is -1.91. The summed E-state index contributed by atoms with van der Waals surface area (Å²) < 4.78 is 16.0. The molecule has 0 unspecified atom stereocenters. The lowest BCUT2D eigenvalue weighted by molar-refractivity contribution is 0.0692. The number of hydrogen-bond donors (Lipinski definition) is 2. The molecule has 2 N–H and O–H groups in total. The number of aromatic nitrogens is 2. The highest BCUT2D eigenvalue weighted by Crippen LogP contribution is 2.32. The van der Waals surface area contributed by atoms with Gasteiger partial charge in [0.2, 0.25) is 5.43 Å². The number of carboxylic acid groups (broad SMARTS) is 1. The number of rotatable bonds is 5. The molecule has 2 heterocycles. The van der Waals surface area contributed by atoms with Crippen molar-refractivity contribution in [2.45, 2.75) is 40.2 Å². The minimum Gasteiger partial charge on any atom is -0.477 e. The Kier molecular flexibility index (Phi) is 6.21. The third-order valence-electron chi connectivity index (χ3n) is 5.45. The van der Waals surface area contributed by atoms with Gasteiger partial charge in [-0.15, -0.1) is 0 Å². The summed E-state index contributed by atoms with van der Waals surface area (Å²) in [5, 5.41) is 19.7. The predicted molar refractivity (Wildman–Crippen MR) is 117 cm³/mol. The summed E-state index contributed by atoms with van der Waals surface area (Å²) in [6.45, 7) is 7.18. The van der Waals surface area contributed by atoms with Crippen molar-refractivity contribution >= 4 is 28.6 Å². The van der Waals surface area contributed by atoms with Crippen molar-refractivity contribution in [1.29, 1.82) is 0 Å². The Morgan fingerprint density at radius 1 is 1.29 bits per heavy atom. The van der Waals surface area contributed by atoms with Crippen molar-refractivity contribution in [1.82, 2.24) is 9.55 Å². The summed E-state index contributed by atoms with van der Waals surface area (Å²) in [7, 11) is 0. The number of nitrogens with zero attached hydrogens (tertiary/aromatic N) is 2. The molecule has 0 amide bonds. The first-order chi connectivity index (χ1) is 14.5. The van der Waals surface area contributed by atoms with E-state index in [-0.39, 0.29) is 29.1 Å². The lowest BCUT2D eigenvalue weighted by atomic mass is 9.86. The van der Waals surface area contributed by atoms with Crippen LogP contribution in [0.25, 0.3) is 11.0 Å². The number of aryl methyl sites for hydroxylation is 1. The summed E-state index contributed by atoms with van der Waals surface area (Å²) in [6.07, 6.45) is 1.38. The van der Waals surface area contributed by atoms with E-state index in [1.807, 2.05) is 20.8 Å². The molecule has 3 aromatic rings. The van der Waals surface area contributed by atoms with E-state index in [0.717, 1.165) is 0 Å². The first-order valence-electron chi connectivity index (χ1n) is 9.78. The van der Waals surface area contributed by atoms with Gasteiger partial charge in [-0.3, -0.25) is 4.79 Å². The highest BCUT2D eigenvalue weighted by molar-refractivity contribution is 6.30. The fourth-order valence-electron chi connectivity index (χ4n) is 3.64. The number of aromatic carboxylic acids is 1. The summed E-state index contributed by atoms with van der Waals surface area (Å²) in [6, 6.07) is 5.72. The second-order valence-electron chi connectivity index (χ2n) is 8.64. The number of aliphatic hydroxyl groups excluding tert-OH is 1. The van der Waals surface area contributed by atoms with E-state index < -0.39 is 34.2 Å². The molecule has 0 fully saturated rings. The zero-order valence-corrected chi connectivity index (χ0v) is 18.5. The molecule has 1 aromatic carbocycles. The van der Waals surface area contributed by atoms with E-state index in [0.29, 0.717) is 16.8 Å². The molecule has 0 saturated carbocycles. The number of carbonyl (C=O) groups is 1. The maximum absolute atomic E-state index is 14.4. The number of halogens is 2. The minimum absolute atomic E-state index is 0.00427. The van der Waals surface area contributed by atoms with E-state index in [9.17, 15) is 24.2 Å². The normalized spacial score (nSPS) is 12.9. The van der Waals surface area contributed by atoms with Gasteiger partial charge in [0, 0.05) is 18.3 Å². The monoisotopic (exact) mass is 446 g/mol. The highest BCUT2D eigenvalue weighted by Gasteiger charge is 2.29. The maximum Gasteiger partial charge on any atom is 0.341 e. The molecule has 8 heteroatoms. The second-order valence-corrected chi connectivity index (χ2v) is 9.05. The smallest absolute Gasteiger partial charge is 0.341 e. The van der Waals surface area contributed by atoms with E-state index in [2.05, 4.69) is 4.98 Å². The van der Waals surface area contributed by atoms with Gasteiger partial charge in [-0.2, -0.15) is 0 Å². The molecule has 0 saturated heterocycles. The van der Waals surface area contributed by atoms with Crippen molar-refractivity contribution in [3.05, 3.63) is 73.9 Å². The molecule has 0 aliphatic rings. The molecule has 0 spiro atoms. The zero-order chi connectivity index (χ0) is 23.1. The van der Waals surface area contributed by atoms with Crippen molar-refractivity contribution < 1.29 is 19.4 Å². The van der Waals surface area contributed by atoms with Crippen LogP contribution in [0.1, 0.15) is 54.0 Å². The molecular weight excluding hydrogens is 423 g/mol. The summed E-state index contributed by atoms with van der Waals surface area (Å²) in [5.41, 5.74) is 0.228. The Bertz CT molecular complexity index is 1230. The number of benzene rings is 1. The van der Waals surface area contributed by atoms with Crippen LogP contribution in [-0.4, -0.2) is 32.3 Å². The van der Waals surface area contributed by atoms with Crippen LogP contribution in [0.15, 0.2) is 35.3 Å². The van der Waals surface area contributed by atoms with Gasteiger partial charge in [0.25, 0.3) is 0 Å². The first-order valence-corrected chi connectivity index (χ1v) is 10.2. The zero-order valence-electron chi connectivity index (χ0n) is 17.7. The van der Waals surface area contributed by atoms with E-state index in [1.165, 1.54) is 12.3 Å². The third kappa shape index (κ3) is 4.34. The van der Waals surface area contributed by atoms with Gasteiger partial charge in [0.1, 0.15) is 17.0 Å². The first kappa shape index (κ1) is 22.9. The van der Waals surface area contributed by atoms with Crippen LogP contribution in [-0.2, 0) is 6.42 Å². The number of hydrogen-bond acceptors (Lipinski definition) is 4. The molecule has 2 aromatic heterocycles.